The second-order valence-corrected chi connectivity index (χ2v) is 5.59. The Morgan fingerprint density at radius 2 is 2.24 bits per heavy atom. The summed E-state index contributed by atoms with van der Waals surface area (Å²) < 4.78 is 11.8. The summed E-state index contributed by atoms with van der Waals surface area (Å²) in [6.45, 7) is 3.12. The molecule has 1 aliphatic carbocycles. The molecule has 2 rings (SSSR count). The van der Waals surface area contributed by atoms with E-state index in [4.69, 9.17) is 21.1 Å². The quantitative estimate of drug-likeness (QED) is 0.667. The maximum absolute atomic E-state index is 12.3. The second-order valence-electron chi connectivity index (χ2n) is 5.18. The van der Waals surface area contributed by atoms with Gasteiger partial charge >= 0.3 is 0 Å². The third-order valence-corrected chi connectivity index (χ3v) is 3.61. The van der Waals surface area contributed by atoms with Gasteiger partial charge in [0.1, 0.15) is 5.69 Å². The lowest BCUT2D eigenvalue weighted by molar-refractivity contribution is 0.0705. The first-order valence-corrected chi connectivity index (χ1v) is 7.66. The molecule has 0 unspecified atom stereocenters. The highest BCUT2D eigenvalue weighted by atomic mass is 35.5. The molecule has 118 valence electrons. The summed E-state index contributed by atoms with van der Waals surface area (Å²) in [6.07, 6.45) is 4.68. The van der Waals surface area contributed by atoms with Gasteiger partial charge in [-0.15, -0.1) is 0 Å². The van der Waals surface area contributed by atoms with Gasteiger partial charge in [0.15, 0.2) is 0 Å². The van der Waals surface area contributed by atoms with E-state index in [0.717, 1.165) is 6.42 Å². The van der Waals surface area contributed by atoms with Gasteiger partial charge in [-0.1, -0.05) is 11.6 Å². The zero-order valence-corrected chi connectivity index (χ0v) is 13.1. The molecule has 1 aromatic heterocycles. The lowest BCUT2D eigenvalue weighted by Gasteiger charge is -2.10. The molecule has 0 bridgehead atoms. The molecular weight excluding hydrogens is 294 g/mol. The van der Waals surface area contributed by atoms with Crippen LogP contribution in [-0.2, 0) is 16.0 Å². The van der Waals surface area contributed by atoms with E-state index < -0.39 is 0 Å². The van der Waals surface area contributed by atoms with Crippen molar-refractivity contribution in [3.8, 4) is 0 Å². The smallest absolute Gasteiger partial charge is 0.291 e. The topological polar surface area (TPSA) is 65.4 Å². The fraction of sp³-hybridized carbons (Fsp3) is 0.714. The number of aromatic nitrogens is 2. The zero-order chi connectivity index (χ0) is 15.1. The zero-order valence-electron chi connectivity index (χ0n) is 12.3. The normalized spacial score (nSPS) is 14.4. The Morgan fingerprint density at radius 3 is 2.95 bits per heavy atom. The summed E-state index contributed by atoms with van der Waals surface area (Å²) in [5.74, 6) is 0.596. The monoisotopic (exact) mass is 315 g/mol. The molecule has 7 heteroatoms. The first-order chi connectivity index (χ1) is 10.2. The van der Waals surface area contributed by atoms with Gasteiger partial charge in [0, 0.05) is 26.8 Å². The van der Waals surface area contributed by atoms with Crippen LogP contribution in [0.3, 0.4) is 0 Å². The summed E-state index contributed by atoms with van der Waals surface area (Å²) in [5.41, 5.74) is 0.291. The third-order valence-electron chi connectivity index (χ3n) is 3.32. The minimum Gasteiger partial charge on any atom is -0.382 e. The summed E-state index contributed by atoms with van der Waals surface area (Å²) in [5, 5.41) is 7.55. The van der Waals surface area contributed by atoms with Crippen LogP contribution < -0.4 is 10.9 Å². The minimum atomic E-state index is -0.144. The minimum absolute atomic E-state index is 0.144. The van der Waals surface area contributed by atoms with Crippen LogP contribution >= 0.6 is 11.6 Å². The highest BCUT2D eigenvalue weighted by molar-refractivity contribution is 6.32. The summed E-state index contributed by atoms with van der Waals surface area (Å²) in [4.78, 5) is 12.3. The van der Waals surface area contributed by atoms with E-state index in [2.05, 4.69) is 10.4 Å². The molecular formula is C14H22ClN3O3. The molecule has 1 saturated carbocycles. The van der Waals surface area contributed by atoms with Crippen molar-refractivity contribution in [2.75, 3.05) is 38.8 Å². The highest BCUT2D eigenvalue weighted by Crippen LogP contribution is 2.30. The van der Waals surface area contributed by atoms with Crippen LogP contribution in [0.15, 0.2) is 11.0 Å². The van der Waals surface area contributed by atoms with Crippen LogP contribution in [0.5, 0.6) is 0 Å². The van der Waals surface area contributed by atoms with E-state index in [1.807, 2.05) is 0 Å². The Labute approximate surface area is 129 Å². The van der Waals surface area contributed by atoms with Crippen LogP contribution in [0.25, 0.3) is 0 Å². The van der Waals surface area contributed by atoms with Crippen LogP contribution in [0.4, 0.5) is 5.69 Å². The van der Waals surface area contributed by atoms with Gasteiger partial charge in [-0.3, -0.25) is 4.79 Å². The van der Waals surface area contributed by atoms with Crippen molar-refractivity contribution in [3.63, 3.8) is 0 Å². The van der Waals surface area contributed by atoms with E-state index in [-0.39, 0.29) is 5.56 Å². The van der Waals surface area contributed by atoms with Crippen molar-refractivity contribution in [3.05, 3.63) is 21.6 Å². The molecule has 1 N–H and O–H groups in total. The Bertz CT molecular complexity index is 503. The molecule has 0 spiro atoms. The molecule has 0 aliphatic heterocycles. The number of hydrogen-bond donors (Lipinski definition) is 1. The van der Waals surface area contributed by atoms with Crippen LogP contribution in [-0.4, -0.2) is 43.3 Å². The maximum atomic E-state index is 12.3. The molecule has 1 aromatic rings. The molecule has 1 aliphatic rings. The van der Waals surface area contributed by atoms with Crippen molar-refractivity contribution in [1.29, 1.82) is 0 Å². The number of rotatable bonds is 10. The van der Waals surface area contributed by atoms with Gasteiger partial charge in [-0.25, -0.2) is 4.68 Å². The van der Waals surface area contributed by atoms with E-state index in [9.17, 15) is 4.79 Å². The van der Waals surface area contributed by atoms with E-state index in [1.54, 1.807) is 7.11 Å². The number of halogens is 1. The standard InChI is InChI=1S/C14H22ClN3O3/c1-20-7-8-21-6-2-5-16-13-12(15)9-17-18(14(13)19)10-11-3-4-11/h9,11,16H,2-8,10H2,1H3. The van der Waals surface area contributed by atoms with Crippen molar-refractivity contribution in [2.45, 2.75) is 25.8 Å². The second kappa shape index (κ2) is 8.36. The Hall–Kier alpha value is -1.11. The molecule has 1 heterocycles. The van der Waals surface area contributed by atoms with Crippen molar-refractivity contribution < 1.29 is 9.47 Å². The SMILES string of the molecule is COCCOCCCNc1c(Cl)cnn(CC2CC2)c1=O. The number of methoxy groups -OCH3 is 1. The summed E-state index contributed by atoms with van der Waals surface area (Å²) in [6, 6.07) is 0. The van der Waals surface area contributed by atoms with Crippen LogP contribution in [0, 0.1) is 5.92 Å². The fourth-order valence-electron chi connectivity index (χ4n) is 1.94. The Morgan fingerprint density at radius 1 is 1.43 bits per heavy atom. The van der Waals surface area contributed by atoms with Gasteiger partial charge < -0.3 is 14.8 Å². The Balaban J connectivity index is 1.80. The molecule has 0 aromatic carbocycles. The Kier molecular flexibility index (Phi) is 6.48. The van der Waals surface area contributed by atoms with E-state index in [0.29, 0.717) is 49.5 Å². The average Bonchev–Trinajstić information content (AvgIpc) is 3.28. The van der Waals surface area contributed by atoms with Gasteiger partial charge in [-0.05, 0) is 25.2 Å². The van der Waals surface area contributed by atoms with Gasteiger partial charge in [0.25, 0.3) is 5.56 Å². The lowest BCUT2D eigenvalue weighted by Crippen LogP contribution is -2.27. The van der Waals surface area contributed by atoms with Crippen molar-refractivity contribution in [1.82, 2.24) is 9.78 Å². The number of nitrogens with one attached hydrogen (secondary N) is 1. The predicted octanol–water partition coefficient (Wildman–Crippen LogP) is 1.77. The first kappa shape index (κ1) is 16.3. The van der Waals surface area contributed by atoms with Crippen LogP contribution in [0.2, 0.25) is 5.02 Å². The van der Waals surface area contributed by atoms with Crippen LogP contribution in [0.1, 0.15) is 19.3 Å². The number of hydrogen-bond acceptors (Lipinski definition) is 5. The predicted molar refractivity (Wildman–Crippen MR) is 82.0 cm³/mol. The molecule has 1 fully saturated rings. The first-order valence-electron chi connectivity index (χ1n) is 7.28. The number of anilines is 1. The van der Waals surface area contributed by atoms with Crippen molar-refractivity contribution in [2.24, 2.45) is 5.92 Å². The summed E-state index contributed by atoms with van der Waals surface area (Å²) in [7, 11) is 1.64. The molecule has 0 radical (unpaired) electrons. The number of ether oxygens (including phenoxy) is 2. The molecule has 6 nitrogen and oxygen atoms in total. The van der Waals surface area contributed by atoms with Gasteiger partial charge in [0.2, 0.25) is 0 Å². The molecule has 21 heavy (non-hydrogen) atoms. The number of nitrogens with zero attached hydrogens (tertiary/aromatic N) is 2. The lowest BCUT2D eigenvalue weighted by atomic mass is 10.3. The summed E-state index contributed by atoms with van der Waals surface area (Å²) >= 11 is 6.05. The fourth-order valence-corrected chi connectivity index (χ4v) is 2.13. The average molecular weight is 316 g/mol. The van der Waals surface area contributed by atoms with E-state index >= 15 is 0 Å². The highest BCUT2D eigenvalue weighted by Gasteiger charge is 2.23. The largest absolute Gasteiger partial charge is 0.382 e. The maximum Gasteiger partial charge on any atom is 0.291 e. The molecule has 0 amide bonds. The van der Waals surface area contributed by atoms with Gasteiger partial charge in [0.05, 0.1) is 24.4 Å². The molecule has 0 saturated heterocycles. The third kappa shape index (κ3) is 5.30. The van der Waals surface area contributed by atoms with Crippen molar-refractivity contribution >= 4 is 17.3 Å². The molecule has 0 atom stereocenters. The van der Waals surface area contributed by atoms with Gasteiger partial charge in [-0.2, -0.15) is 5.10 Å². The van der Waals surface area contributed by atoms with E-state index in [1.165, 1.54) is 23.7 Å².